The molecule has 2 aliphatic heterocycles. The highest BCUT2D eigenvalue weighted by Crippen LogP contribution is 2.33. The molecule has 0 bridgehead atoms. The van der Waals surface area contributed by atoms with Crippen molar-refractivity contribution in [2.45, 2.75) is 64.9 Å². The van der Waals surface area contributed by atoms with E-state index in [9.17, 15) is 8.42 Å². The minimum absolute atomic E-state index is 0.121. The predicted molar refractivity (Wildman–Crippen MR) is 175 cm³/mol. The largest absolute Gasteiger partial charge is 0.467 e. The number of piperidine rings is 1. The summed E-state index contributed by atoms with van der Waals surface area (Å²) in [5.74, 6) is 0.953. The second-order valence-corrected chi connectivity index (χ2v) is 15.3. The molecule has 9 nitrogen and oxygen atoms in total. The van der Waals surface area contributed by atoms with Gasteiger partial charge in [0, 0.05) is 68.9 Å². The third kappa shape index (κ3) is 7.42. The van der Waals surface area contributed by atoms with Crippen molar-refractivity contribution >= 4 is 54.4 Å². The number of nitrogens with zero attached hydrogens (tertiary/aromatic N) is 6. The summed E-state index contributed by atoms with van der Waals surface area (Å²) in [6.07, 6.45) is 12.0. The van der Waals surface area contributed by atoms with E-state index in [1.165, 1.54) is 11.1 Å². The number of benzene rings is 1. The van der Waals surface area contributed by atoms with Gasteiger partial charge in [0.05, 0.1) is 21.0 Å². The maximum atomic E-state index is 12.9. The van der Waals surface area contributed by atoms with E-state index in [2.05, 4.69) is 45.0 Å². The molecule has 12 heteroatoms. The average Bonchev–Trinajstić information content (AvgIpc) is 3.62. The van der Waals surface area contributed by atoms with Gasteiger partial charge < -0.3 is 9.64 Å². The van der Waals surface area contributed by atoms with Crippen LogP contribution < -0.4 is 9.64 Å². The fourth-order valence-electron chi connectivity index (χ4n) is 5.62. The molecule has 0 N–H and O–H groups in total. The van der Waals surface area contributed by atoms with E-state index < -0.39 is 10.0 Å². The van der Waals surface area contributed by atoms with Crippen molar-refractivity contribution in [1.82, 2.24) is 24.2 Å². The highest BCUT2D eigenvalue weighted by atomic mass is 32.2. The van der Waals surface area contributed by atoms with Crippen molar-refractivity contribution in [2.24, 2.45) is 0 Å². The zero-order valence-electron chi connectivity index (χ0n) is 24.7. The lowest BCUT2D eigenvalue weighted by Gasteiger charge is -2.31. The molecule has 6 rings (SSSR count). The van der Waals surface area contributed by atoms with Crippen molar-refractivity contribution in [3.63, 3.8) is 0 Å². The van der Waals surface area contributed by atoms with Gasteiger partial charge in [-0.05, 0) is 55.0 Å². The Hall–Kier alpha value is -2.93. The SMILES string of the molecule is CCCc1cnc(N2CCC(Oc3nc4ccc(C5=CCN(S(=O)(=O)CCCc6nc(C)cs6)CC5)cc4s3)CC2)nc1. The topological polar surface area (TPSA) is 101 Å². The van der Waals surface area contributed by atoms with Crippen LogP contribution >= 0.6 is 22.7 Å². The Labute approximate surface area is 261 Å². The molecule has 0 saturated carbocycles. The minimum atomic E-state index is -3.29. The van der Waals surface area contributed by atoms with E-state index in [4.69, 9.17) is 9.72 Å². The molecular weight excluding hydrogens is 601 g/mol. The molecule has 5 heterocycles. The Balaban J connectivity index is 1.01. The smallest absolute Gasteiger partial charge is 0.274 e. The van der Waals surface area contributed by atoms with Crippen LogP contribution in [0.2, 0.25) is 0 Å². The van der Waals surface area contributed by atoms with Crippen LogP contribution in [0.15, 0.2) is 42.0 Å². The quantitative estimate of drug-likeness (QED) is 0.200. The highest BCUT2D eigenvalue weighted by molar-refractivity contribution is 7.89. The van der Waals surface area contributed by atoms with Crippen molar-refractivity contribution in [2.75, 3.05) is 36.8 Å². The van der Waals surface area contributed by atoms with Crippen LogP contribution in [-0.4, -0.2) is 70.7 Å². The normalized spacial score (nSPS) is 17.0. The first-order chi connectivity index (χ1) is 20.9. The van der Waals surface area contributed by atoms with E-state index in [1.807, 2.05) is 30.8 Å². The first-order valence-corrected chi connectivity index (χ1v) is 18.4. The Bertz CT molecular complexity index is 1670. The Morgan fingerprint density at radius 3 is 2.58 bits per heavy atom. The molecule has 0 spiro atoms. The number of hydrogen-bond donors (Lipinski definition) is 0. The first-order valence-electron chi connectivity index (χ1n) is 15.1. The van der Waals surface area contributed by atoms with Gasteiger partial charge in [0.1, 0.15) is 6.10 Å². The van der Waals surface area contributed by atoms with Crippen LogP contribution in [0.25, 0.3) is 15.8 Å². The van der Waals surface area contributed by atoms with E-state index >= 15 is 0 Å². The highest BCUT2D eigenvalue weighted by Gasteiger charge is 2.26. The van der Waals surface area contributed by atoms with Gasteiger partial charge >= 0.3 is 0 Å². The number of aromatic nitrogens is 4. The summed E-state index contributed by atoms with van der Waals surface area (Å²) in [6.45, 7) is 6.76. The summed E-state index contributed by atoms with van der Waals surface area (Å²) in [7, 11) is -3.29. The number of rotatable bonds is 11. The van der Waals surface area contributed by atoms with Crippen LogP contribution in [0.5, 0.6) is 5.19 Å². The van der Waals surface area contributed by atoms with Crippen LogP contribution in [0.3, 0.4) is 0 Å². The maximum absolute atomic E-state index is 12.9. The molecule has 228 valence electrons. The number of sulfonamides is 1. The maximum Gasteiger partial charge on any atom is 0.274 e. The summed E-state index contributed by atoms with van der Waals surface area (Å²) < 4.78 is 34.9. The summed E-state index contributed by atoms with van der Waals surface area (Å²) in [5.41, 5.74) is 5.41. The lowest BCUT2D eigenvalue weighted by Crippen LogP contribution is -2.39. The zero-order chi connectivity index (χ0) is 29.8. The first kappa shape index (κ1) is 30.1. The van der Waals surface area contributed by atoms with Gasteiger partial charge in [0.2, 0.25) is 16.0 Å². The molecule has 1 aromatic carbocycles. The number of anilines is 1. The number of fused-ring (bicyclic) bond motifs is 1. The molecule has 0 atom stereocenters. The molecule has 0 aliphatic carbocycles. The van der Waals surface area contributed by atoms with Gasteiger partial charge in [-0.2, -0.15) is 4.31 Å². The van der Waals surface area contributed by atoms with Crippen LogP contribution in [0, 0.1) is 6.92 Å². The number of aryl methyl sites for hydroxylation is 3. The second-order valence-electron chi connectivity index (χ2n) is 11.2. The van der Waals surface area contributed by atoms with Gasteiger partial charge in [0.25, 0.3) is 5.19 Å². The summed E-state index contributed by atoms with van der Waals surface area (Å²) in [6, 6.07) is 6.29. The number of hydrogen-bond acceptors (Lipinski definition) is 10. The fourth-order valence-corrected chi connectivity index (χ4v) is 8.79. The molecule has 43 heavy (non-hydrogen) atoms. The summed E-state index contributed by atoms with van der Waals surface area (Å²) >= 11 is 3.18. The monoisotopic (exact) mass is 638 g/mol. The molecule has 0 amide bonds. The summed E-state index contributed by atoms with van der Waals surface area (Å²) in [4.78, 5) is 20.6. The lowest BCUT2D eigenvalue weighted by molar-refractivity contribution is 0.170. The number of ether oxygens (including phenoxy) is 1. The van der Waals surface area contributed by atoms with E-state index in [1.54, 1.807) is 27.0 Å². The lowest BCUT2D eigenvalue weighted by atomic mass is 10.0. The standard InChI is InChI=1S/C31H38N6O3S3/c1-3-5-23-19-32-30(33-20-23)36-13-11-26(12-14-36)40-31-35-27-8-7-25(18-28(27)42-31)24-9-15-37(16-10-24)43(38,39)17-4-6-29-34-22(2)21-41-29/h7-9,18-21,26H,3-6,10-17H2,1-2H3. The predicted octanol–water partition coefficient (Wildman–Crippen LogP) is 5.90. The molecular formula is C31H38N6O3S3. The van der Waals surface area contributed by atoms with Crippen LogP contribution in [0.1, 0.15) is 60.9 Å². The van der Waals surface area contributed by atoms with Gasteiger partial charge in [-0.1, -0.05) is 36.8 Å². The van der Waals surface area contributed by atoms with Crippen molar-refractivity contribution in [3.8, 4) is 5.19 Å². The third-order valence-corrected chi connectivity index (χ3v) is 11.8. The van der Waals surface area contributed by atoms with E-state index in [0.29, 0.717) is 37.5 Å². The fraction of sp³-hybridized carbons (Fsp3) is 0.484. The van der Waals surface area contributed by atoms with Crippen molar-refractivity contribution in [3.05, 3.63) is 63.9 Å². The molecule has 0 radical (unpaired) electrons. The van der Waals surface area contributed by atoms with E-state index in [0.717, 1.165) is 71.2 Å². The third-order valence-electron chi connectivity index (χ3n) is 7.99. The van der Waals surface area contributed by atoms with Crippen LogP contribution in [0.4, 0.5) is 5.95 Å². The summed E-state index contributed by atoms with van der Waals surface area (Å²) in [5, 5.41) is 3.71. The molecule has 1 fully saturated rings. The number of thiazole rings is 2. The van der Waals surface area contributed by atoms with Crippen LogP contribution in [-0.2, 0) is 22.9 Å². The Morgan fingerprint density at radius 2 is 1.88 bits per heavy atom. The van der Waals surface area contributed by atoms with E-state index in [-0.39, 0.29) is 11.9 Å². The molecule has 2 aliphatic rings. The molecule has 0 unspecified atom stereocenters. The molecule has 1 saturated heterocycles. The van der Waals surface area contributed by atoms with Gasteiger partial charge in [-0.25, -0.2) is 28.4 Å². The second kappa shape index (κ2) is 13.4. The van der Waals surface area contributed by atoms with Gasteiger partial charge in [-0.3, -0.25) is 0 Å². The minimum Gasteiger partial charge on any atom is -0.467 e. The Kier molecular flexibility index (Phi) is 9.37. The van der Waals surface area contributed by atoms with Gasteiger partial charge in [0.15, 0.2) is 0 Å². The average molecular weight is 639 g/mol. The Morgan fingerprint density at radius 1 is 1.07 bits per heavy atom. The molecule has 4 aromatic rings. The molecule has 3 aromatic heterocycles. The van der Waals surface area contributed by atoms with Gasteiger partial charge in [-0.15, -0.1) is 11.3 Å². The zero-order valence-corrected chi connectivity index (χ0v) is 27.2. The van der Waals surface area contributed by atoms with Crippen molar-refractivity contribution < 1.29 is 13.2 Å². The van der Waals surface area contributed by atoms with Crippen molar-refractivity contribution in [1.29, 1.82) is 0 Å².